The molecule has 0 saturated carbocycles. The van der Waals surface area contributed by atoms with E-state index in [2.05, 4.69) is 25.9 Å². The molecule has 2 aliphatic rings. The molecule has 2 aromatic rings. The van der Waals surface area contributed by atoms with Gasteiger partial charge in [-0.25, -0.2) is 0 Å². The highest BCUT2D eigenvalue weighted by Gasteiger charge is 2.36. The van der Waals surface area contributed by atoms with E-state index in [4.69, 9.17) is 0 Å². The zero-order chi connectivity index (χ0) is 15.8. The summed E-state index contributed by atoms with van der Waals surface area (Å²) in [6, 6.07) is 0.0592. The lowest BCUT2D eigenvalue weighted by Gasteiger charge is -2.25. The third-order valence-electron chi connectivity index (χ3n) is 5.06. The molecular weight excluding hydrogens is 292 g/mol. The number of H-pyrrole nitrogens is 1. The van der Waals surface area contributed by atoms with Gasteiger partial charge in [0.1, 0.15) is 0 Å². The second kappa shape index (κ2) is 5.81. The predicted molar refractivity (Wildman–Crippen MR) is 84.7 cm³/mol. The molecule has 0 spiro atoms. The average Bonchev–Trinajstić information content (AvgIpc) is 3.26. The number of carbonyl (C=O) groups is 1. The zero-order valence-corrected chi connectivity index (χ0v) is 13.2. The van der Waals surface area contributed by atoms with Crippen molar-refractivity contribution in [3.05, 3.63) is 35.4 Å². The maximum absolute atomic E-state index is 12.8. The molecule has 7 nitrogen and oxygen atoms in total. The first kappa shape index (κ1) is 14.4. The first-order valence-corrected chi connectivity index (χ1v) is 8.24. The molecule has 1 aliphatic heterocycles. The summed E-state index contributed by atoms with van der Waals surface area (Å²) < 4.78 is 1.79. The summed E-state index contributed by atoms with van der Waals surface area (Å²) >= 11 is 0. The van der Waals surface area contributed by atoms with Crippen molar-refractivity contribution in [1.29, 1.82) is 0 Å². The van der Waals surface area contributed by atoms with E-state index in [1.54, 1.807) is 4.68 Å². The van der Waals surface area contributed by atoms with Crippen molar-refractivity contribution in [3.8, 4) is 0 Å². The molecule has 1 amide bonds. The standard InChI is InChI=1S/C16H22N6O/c1-22-9-11(6-19-22)12-7-17-8-13(12)16(23)20-14-4-2-3-10-5-18-21-15(10)14/h5-6,9,12-14,17H,2-4,7-8H2,1H3,(H,18,21)(H,20,23)/t12-,13+,14?/m1/s1. The van der Waals surface area contributed by atoms with E-state index in [0.29, 0.717) is 6.54 Å². The van der Waals surface area contributed by atoms with Gasteiger partial charge in [-0.3, -0.25) is 14.6 Å². The summed E-state index contributed by atoms with van der Waals surface area (Å²) in [4.78, 5) is 12.8. The van der Waals surface area contributed by atoms with Crippen molar-refractivity contribution >= 4 is 5.91 Å². The van der Waals surface area contributed by atoms with Crippen LogP contribution in [-0.2, 0) is 18.3 Å². The van der Waals surface area contributed by atoms with E-state index < -0.39 is 0 Å². The molecule has 3 atom stereocenters. The topological polar surface area (TPSA) is 87.6 Å². The normalized spacial score (nSPS) is 26.9. The summed E-state index contributed by atoms with van der Waals surface area (Å²) in [7, 11) is 1.91. The molecule has 3 N–H and O–H groups in total. The third kappa shape index (κ3) is 2.65. The molecule has 0 bridgehead atoms. The van der Waals surface area contributed by atoms with E-state index in [9.17, 15) is 4.79 Å². The zero-order valence-electron chi connectivity index (χ0n) is 13.2. The largest absolute Gasteiger partial charge is 0.347 e. The smallest absolute Gasteiger partial charge is 0.225 e. The molecule has 2 aromatic heterocycles. The molecule has 23 heavy (non-hydrogen) atoms. The van der Waals surface area contributed by atoms with E-state index >= 15 is 0 Å². The highest BCUT2D eigenvalue weighted by atomic mass is 16.2. The van der Waals surface area contributed by atoms with Crippen LogP contribution in [0.25, 0.3) is 0 Å². The quantitative estimate of drug-likeness (QED) is 0.776. The summed E-state index contributed by atoms with van der Waals surface area (Å²) in [5.41, 5.74) is 3.44. The van der Waals surface area contributed by atoms with Gasteiger partial charge in [-0.2, -0.15) is 10.2 Å². The van der Waals surface area contributed by atoms with Gasteiger partial charge in [0.15, 0.2) is 0 Å². The summed E-state index contributed by atoms with van der Waals surface area (Å²) in [5.74, 6) is 0.261. The van der Waals surface area contributed by atoms with E-state index in [-0.39, 0.29) is 23.8 Å². The number of hydrogen-bond donors (Lipinski definition) is 3. The van der Waals surface area contributed by atoms with Gasteiger partial charge in [-0.15, -0.1) is 0 Å². The molecule has 3 heterocycles. The fraction of sp³-hybridized carbons (Fsp3) is 0.562. The molecule has 1 aliphatic carbocycles. The van der Waals surface area contributed by atoms with Crippen LogP contribution in [0.3, 0.4) is 0 Å². The van der Waals surface area contributed by atoms with Crippen molar-refractivity contribution in [3.63, 3.8) is 0 Å². The Kier molecular flexibility index (Phi) is 3.65. The average molecular weight is 314 g/mol. The van der Waals surface area contributed by atoms with Gasteiger partial charge in [-0.05, 0) is 30.4 Å². The Morgan fingerprint density at radius 1 is 1.39 bits per heavy atom. The number of fused-ring (bicyclic) bond motifs is 1. The summed E-state index contributed by atoms with van der Waals surface area (Å²) in [6.07, 6.45) is 8.85. The lowest BCUT2D eigenvalue weighted by Crippen LogP contribution is -2.38. The molecule has 1 saturated heterocycles. The molecule has 1 fully saturated rings. The number of aryl methyl sites for hydroxylation is 2. The van der Waals surface area contributed by atoms with Crippen molar-refractivity contribution < 1.29 is 4.79 Å². The van der Waals surface area contributed by atoms with Gasteiger partial charge in [0, 0.05) is 32.3 Å². The molecule has 122 valence electrons. The second-order valence-electron chi connectivity index (χ2n) is 6.58. The molecule has 0 aromatic carbocycles. The van der Waals surface area contributed by atoms with Gasteiger partial charge < -0.3 is 10.6 Å². The fourth-order valence-corrected chi connectivity index (χ4v) is 3.82. The van der Waals surface area contributed by atoms with Crippen LogP contribution in [0.2, 0.25) is 0 Å². The second-order valence-corrected chi connectivity index (χ2v) is 6.58. The first-order valence-electron chi connectivity index (χ1n) is 8.24. The van der Waals surface area contributed by atoms with Gasteiger partial charge >= 0.3 is 0 Å². The number of carbonyl (C=O) groups excluding carboxylic acids is 1. The lowest BCUT2D eigenvalue weighted by atomic mass is 9.88. The predicted octanol–water partition coefficient (Wildman–Crippen LogP) is 0.640. The minimum atomic E-state index is -0.0486. The highest BCUT2D eigenvalue weighted by Crippen LogP contribution is 2.31. The first-order chi connectivity index (χ1) is 11.2. The van der Waals surface area contributed by atoms with E-state index in [1.165, 1.54) is 5.56 Å². The van der Waals surface area contributed by atoms with Crippen LogP contribution in [-0.4, -0.2) is 39.0 Å². The van der Waals surface area contributed by atoms with Crippen molar-refractivity contribution in [2.75, 3.05) is 13.1 Å². The minimum Gasteiger partial charge on any atom is -0.347 e. The molecule has 1 unspecified atom stereocenters. The van der Waals surface area contributed by atoms with Crippen molar-refractivity contribution in [2.24, 2.45) is 13.0 Å². The molecule has 0 radical (unpaired) electrons. The van der Waals surface area contributed by atoms with Crippen LogP contribution >= 0.6 is 0 Å². The number of hydrogen-bond acceptors (Lipinski definition) is 4. The van der Waals surface area contributed by atoms with E-state index in [1.807, 2.05) is 25.6 Å². The van der Waals surface area contributed by atoms with Crippen molar-refractivity contribution in [1.82, 2.24) is 30.6 Å². The van der Waals surface area contributed by atoms with Crippen LogP contribution in [0.5, 0.6) is 0 Å². The number of aromatic nitrogens is 4. The third-order valence-corrected chi connectivity index (χ3v) is 5.06. The minimum absolute atomic E-state index is 0.0486. The van der Waals surface area contributed by atoms with Crippen LogP contribution in [0.4, 0.5) is 0 Å². The van der Waals surface area contributed by atoms with Gasteiger partial charge in [-0.1, -0.05) is 0 Å². The Morgan fingerprint density at radius 2 is 2.30 bits per heavy atom. The summed E-state index contributed by atoms with van der Waals surface area (Å²) in [6.45, 7) is 1.54. The Balaban J connectivity index is 1.49. The van der Waals surface area contributed by atoms with Gasteiger partial charge in [0.25, 0.3) is 0 Å². The van der Waals surface area contributed by atoms with Crippen LogP contribution in [0.15, 0.2) is 18.6 Å². The highest BCUT2D eigenvalue weighted by molar-refractivity contribution is 5.81. The Hall–Kier alpha value is -2.15. The Labute approximate surface area is 134 Å². The number of rotatable bonds is 3. The lowest BCUT2D eigenvalue weighted by molar-refractivity contribution is -0.125. The molecule has 4 rings (SSSR count). The van der Waals surface area contributed by atoms with Gasteiger partial charge in [0.2, 0.25) is 5.91 Å². The molecule has 7 heteroatoms. The molecular formula is C16H22N6O. The monoisotopic (exact) mass is 314 g/mol. The Morgan fingerprint density at radius 3 is 3.13 bits per heavy atom. The van der Waals surface area contributed by atoms with Crippen molar-refractivity contribution in [2.45, 2.75) is 31.2 Å². The fourth-order valence-electron chi connectivity index (χ4n) is 3.82. The number of nitrogens with zero attached hydrogens (tertiary/aromatic N) is 3. The maximum Gasteiger partial charge on any atom is 0.225 e. The van der Waals surface area contributed by atoms with E-state index in [0.717, 1.165) is 37.1 Å². The van der Waals surface area contributed by atoms with Crippen LogP contribution in [0, 0.1) is 5.92 Å². The summed E-state index contributed by atoms with van der Waals surface area (Å²) in [5, 5.41) is 18.0. The Bertz CT molecular complexity index is 705. The number of aromatic amines is 1. The number of amides is 1. The number of nitrogens with one attached hydrogen (secondary N) is 3. The SMILES string of the molecule is Cn1cc([C@H]2CNC[C@@H]2C(=O)NC2CCCc3cn[nH]c32)cn1. The van der Waals surface area contributed by atoms with Crippen LogP contribution in [0.1, 0.15) is 41.6 Å². The maximum atomic E-state index is 12.8. The van der Waals surface area contributed by atoms with Gasteiger partial charge in [0.05, 0.1) is 30.0 Å². The van der Waals surface area contributed by atoms with Crippen LogP contribution < -0.4 is 10.6 Å².